The van der Waals surface area contributed by atoms with Crippen LogP contribution in [0.1, 0.15) is 28.7 Å². The normalized spacial score (nSPS) is 16.4. The van der Waals surface area contributed by atoms with Gasteiger partial charge in [-0.05, 0) is 86.8 Å². The summed E-state index contributed by atoms with van der Waals surface area (Å²) in [5.74, 6) is 0. The van der Waals surface area contributed by atoms with Gasteiger partial charge in [-0.15, -0.1) is 0 Å². The summed E-state index contributed by atoms with van der Waals surface area (Å²) in [6.45, 7) is 0. The molecule has 0 amide bonds. The number of rotatable bonds is 6. The number of allylic oxidation sites excluding steroid dienone is 4. The van der Waals surface area contributed by atoms with Crippen molar-refractivity contribution in [2.24, 2.45) is 0 Å². The summed E-state index contributed by atoms with van der Waals surface area (Å²) in [4.78, 5) is 13.3. The highest BCUT2D eigenvalue weighted by Crippen LogP contribution is 2.48. The third-order valence-corrected chi connectivity index (χ3v) is 8.09. The molecule has 1 atom stereocenters. The number of nitrogens with zero attached hydrogens (tertiary/aromatic N) is 3. The smallest absolute Gasteiger partial charge is 0.0446 e. The molecule has 1 aliphatic carbocycles. The first kappa shape index (κ1) is 25.6. The van der Waals surface area contributed by atoms with Gasteiger partial charge >= 0.3 is 0 Å². The van der Waals surface area contributed by atoms with Gasteiger partial charge in [0.05, 0.1) is 0 Å². The quantitative estimate of drug-likeness (QED) is 0.212. The fourth-order valence-corrected chi connectivity index (χ4v) is 5.99. The number of benzene rings is 3. The lowest BCUT2D eigenvalue weighted by Crippen LogP contribution is -2.28. The van der Waals surface area contributed by atoms with E-state index in [0.29, 0.717) is 0 Å². The second kappa shape index (κ2) is 11.2. The van der Waals surface area contributed by atoms with Crippen LogP contribution in [0, 0.1) is 0 Å². The van der Waals surface area contributed by atoms with Gasteiger partial charge in [-0.25, -0.2) is 0 Å². The Morgan fingerprint density at radius 3 is 1.69 bits per heavy atom. The van der Waals surface area contributed by atoms with Crippen LogP contribution in [0.5, 0.6) is 0 Å². The molecule has 0 aliphatic heterocycles. The molecule has 7 rings (SSSR count). The van der Waals surface area contributed by atoms with Crippen LogP contribution in [-0.4, -0.2) is 15.0 Å². The predicted molar refractivity (Wildman–Crippen MR) is 171 cm³/mol. The Balaban J connectivity index is 1.46. The second-order valence-corrected chi connectivity index (χ2v) is 10.7. The maximum absolute atomic E-state index is 4.59. The first-order valence-corrected chi connectivity index (χ1v) is 14.2. The number of hydrogen-bond donors (Lipinski definition) is 0. The molecule has 0 radical (unpaired) electrons. The minimum absolute atomic E-state index is 0.438. The molecule has 3 heteroatoms. The van der Waals surface area contributed by atoms with Crippen LogP contribution in [0.2, 0.25) is 0 Å². The van der Waals surface area contributed by atoms with Crippen LogP contribution >= 0.6 is 0 Å². The van der Waals surface area contributed by atoms with Crippen molar-refractivity contribution in [3.63, 3.8) is 0 Å². The monoisotopic (exact) mass is 539 g/mol. The van der Waals surface area contributed by atoms with Crippen LogP contribution < -0.4 is 0 Å². The molecular formula is C39H29N3. The van der Waals surface area contributed by atoms with Crippen molar-refractivity contribution in [1.29, 1.82) is 0 Å². The molecule has 42 heavy (non-hydrogen) atoms. The second-order valence-electron chi connectivity index (χ2n) is 10.7. The van der Waals surface area contributed by atoms with E-state index in [1.807, 2.05) is 55.4 Å². The van der Waals surface area contributed by atoms with Gasteiger partial charge in [0.15, 0.2) is 0 Å². The molecule has 3 heterocycles. The van der Waals surface area contributed by atoms with Gasteiger partial charge in [0, 0.05) is 48.2 Å². The first-order valence-electron chi connectivity index (χ1n) is 14.2. The van der Waals surface area contributed by atoms with E-state index in [1.54, 1.807) is 0 Å². The Morgan fingerprint density at radius 2 is 1.02 bits per heavy atom. The van der Waals surface area contributed by atoms with Crippen molar-refractivity contribution in [3.8, 4) is 22.3 Å². The topological polar surface area (TPSA) is 38.7 Å². The van der Waals surface area contributed by atoms with Crippen LogP contribution in [0.4, 0.5) is 0 Å². The van der Waals surface area contributed by atoms with Crippen LogP contribution in [0.25, 0.3) is 33.4 Å². The van der Waals surface area contributed by atoms with Crippen molar-refractivity contribution in [2.45, 2.75) is 11.8 Å². The standard InChI is InChI=1S/C39H29N3/c1-2-9-29(10-3-1)35-22-36(31-12-4-11-30(21-31)33-14-6-18-40-26-33)25-39(24-35,38-17-8-20-42-28-38)37-16-5-13-32(23-37)34-15-7-19-41-27-34/h1-23,25-28H,24H2. The fourth-order valence-electron chi connectivity index (χ4n) is 5.99. The molecule has 3 nitrogen and oxygen atoms in total. The Morgan fingerprint density at radius 1 is 0.452 bits per heavy atom. The Hall–Kier alpha value is -5.41. The molecule has 1 aliphatic rings. The average molecular weight is 540 g/mol. The molecule has 3 aromatic carbocycles. The van der Waals surface area contributed by atoms with E-state index >= 15 is 0 Å². The third-order valence-electron chi connectivity index (χ3n) is 8.09. The van der Waals surface area contributed by atoms with Crippen molar-refractivity contribution in [1.82, 2.24) is 15.0 Å². The van der Waals surface area contributed by atoms with Gasteiger partial charge < -0.3 is 0 Å². The van der Waals surface area contributed by atoms with Gasteiger partial charge in [0.1, 0.15) is 0 Å². The Labute approximate surface area is 246 Å². The number of pyridine rings is 3. The number of hydrogen-bond acceptors (Lipinski definition) is 3. The molecule has 0 N–H and O–H groups in total. The van der Waals surface area contributed by atoms with Crippen molar-refractivity contribution < 1.29 is 0 Å². The fraction of sp³-hybridized carbons (Fsp3) is 0.0513. The minimum Gasteiger partial charge on any atom is -0.264 e. The Bertz CT molecular complexity index is 1880. The van der Waals surface area contributed by atoms with E-state index in [1.165, 1.54) is 27.8 Å². The van der Waals surface area contributed by atoms with E-state index in [2.05, 4.69) is 124 Å². The molecule has 0 spiro atoms. The van der Waals surface area contributed by atoms with Crippen LogP contribution in [0.3, 0.4) is 0 Å². The lowest BCUT2D eigenvalue weighted by Gasteiger charge is -2.37. The van der Waals surface area contributed by atoms with E-state index in [9.17, 15) is 0 Å². The molecule has 0 saturated carbocycles. The molecule has 200 valence electrons. The first-order chi connectivity index (χ1) is 20.8. The maximum atomic E-state index is 4.59. The molecular weight excluding hydrogens is 510 g/mol. The zero-order valence-corrected chi connectivity index (χ0v) is 23.1. The molecule has 0 fully saturated rings. The van der Waals surface area contributed by atoms with E-state index in [0.717, 1.165) is 34.2 Å². The average Bonchev–Trinajstić information content (AvgIpc) is 3.10. The Kier molecular flexibility index (Phi) is 6.83. The highest BCUT2D eigenvalue weighted by Gasteiger charge is 2.37. The lowest BCUT2D eigenvalue weighted by atomic mass is 9.65. The predicted octanol–water partition coefficient (Wildman–Crippen LogP) is 9.06. The number of aromatic nitrogens is 3. The lowest BCUT2D eigenvalue weighted by molar-refractivity contribution is 0.657. The van der Waals surface area contributed by atoms with Gasteiger partial charge in [-0.1, -0.05) is 97.1 Å². The summed E-state index contributed by atoms with van der Waals surface area (Å²) in [5.41, 5.74) is 11.3. The zero-order chi connectivity index (χ0) is 28.2. The van der Waals surface area contributed by atoms with Crippen molar-refractivity contribution in [3.05, 3.63) is 187 Å². The highest BCUT2D eigenvalue weighted by atomic mass is 14.6. The van der Waals surface area contributed by atoms with Crippen LogP contribution in [-0.2, 0) is 5.41 Å². The van der Waals surface area contributed by atoms with Crippen molar-refractivity contribution >= 4 is 11.1 Å². The van der Waals surface area contributed by atoms with E-state index in [-0.39, 0.29) is 0 Å². The molecule has 1 unspecified atom stereocenters. The SMILES string of the molecule is C1=C(c2cccc(-c3cccnc3)c2)C=C(c2ccccc2)CC1(c1cccnc1)c1cccc(-c2cccnc2)c1. The summed E-state index contributed by atoms with van der Waals surface area (Å²) < 4.78 is 0. The van der Waals surface area contributed by atoms with Crippen LogP contribution in [0.15, 0.2) is 165 Å². The molecule has 6 aromatic rings. The third kappa shape index (κ3) is 4.97. The summed E-state index contributed by atoms with van der Waals surface area (Å²) in [6.07, 6.45) is 17.0. The van der Waals surface area contributed by atoms with Gasteiger partial charge in [-0.3, -0.25) is 15.0 Å². The van der Waals surface area contributed by atoms with E-state index in [4.69, 9.17) is 0 Å². The van der Waals surface area contributed by atoms with E-state index < -0.39 is 5.41 Å². The van der Waals surface area contributed by atoms with Gasteiger partial charge in [-0.2, -0.15) is 0 Å². The van der Waals surface area contributed by atoms with Crippen molar-refractivity contribution in [2.75, 3.05) is 0 Å². The molecule has 0 bridgehead atoms. The molecule has 0 saturated heterocycles. The largest absolute Gasteiger partial charge is 0.264 e. The molecule has 3 aromatic heterocycles. The summed E-state index contributed by atoms with van der Waals surface area (Å²) >= 11 is 0. The zero-order valence-electron chi connectivity index (χ0n) is 23.1. The summed E-state index contributed by atoms with van der Waals surface area (Å²) in [6, 6.07) is 40.8. The summed E-state index contributed by atoms with van der Waals surface area (Å²) in [5, 5.41) is 0. The summed E-state index contributed by atoms with van der Waals surface area (Å²) in [7, 11) is 0. The maximum Gasteiger partial charge on any atom is 0.0446 e. The highest BCUT2D eigenvalue weighted by molar-refractivity contribution is 5.90. The minimum atomic E-state index is -0.438. The van der Waals surface area contributed by atoms with Gasteiger partial charge in [0.2, 0.25) is 0 Å². The van der Waals surface area contributed by atoms with Gasteiger partial charge in [0.25, 0.3) is 0 Å².